The van der Waals surface area contributed by atoms with E-state index in [2.05, 4.69) is 12.3 Å². The van der Waals surface area contributed by atoms with Gasteiger partial charge < -0.3 is 0 Å². The van der Waals surface area contributed by atoms with Crippen LogP contribution in [0.4, 0.5) is 5.69 Å². The summed E-state index contributed by atoms with van der Waals surface area (Å²) in [6.45, 7) is 2.21. The van der Waals surface area contributed by atoms with Gasteiger partial charge in [0.15, 0.2) is 0 Å². The van der Waals surface area contributed by atoms with Crippen LogP contribution < -0.4 is 10.4 Å². The minimum atomic E-state index is -0.0595. The molecule has 22 heavy (non-hydrogen) atoms. The van der Waals surface area contributed by atoms with Gasteiger partial charge in [-0.15, -0.1) is 0 Å². The summed E-state index contributed by atoms with van der Waals surface area (Å²) in [5, 5.41) is 3.22. The molecule has 1 N–H and O–H groups in total. The topological polar surface area (TPSA) is 32.3 Å². The van der Waals surface area contributed by atoms with Crippen LogP contribution in [-0.4, -0.2) is 26.3 Å². The summed E-state index contributed by atoms with van der Waals surface area (Å²) in [7, 11) is 0. The first-order valence-electron chi connectivity index (χ1n) is 7.57. The van der Waals surface area contributed by atoms with Crippen molar-refractivity contribution < 1.29 is 4.79 Å². The Labute approximate surface area is 138 Å². The van der Waals surface area contributed by atoms with E-state index in [0.29, 0.717) is 20.5 Å². The van der Waals surface area contributed by atoms with Gasteiger partial charge in [-0.2, -0.15) is 0 Å². The van der Waals surface area contributed by atoms with Crippen molar-refractivity contribution in [1.82, 2.24) is 5.43 Å². The maximum absolute atomic E-state index is 12.4. The third kappa shape index (κ3) is 5.21. The summed E-state index contributed by atoms with van der Waals surface area (Å²) in [5.74, 6) is -0.0595. The van der Waals surface area contributed by atoms with Gasteiger partial charge in [0.05, 0.1) is 0 Å². The van der Waals surface area contributed by atoms with E-state index >= 15 is 0 Å². The van der Waals surface area contributed by atoms with Gasteiger partial charge in [-0.3, -0.25) is 0 Å². The Kier molecular flexibility index (Phi) is 7.01. The Bertz CT molecular complexity index is 560. The molecule has 0 unspecified atom stereocenters. The molecule has 3 nitrogen and oxygen atoms in total. The summed E-state index contributed by atoms with van der Waals surface area (Å²) in [6.07, 6.45) is 2.48. The van der Waals surface area contributed by atoms with Crippen LogP contribution >= 0.6 is 0 Å². The number of para-hydroxylation sites is 1. The molecule has 4 heteroatoms. The Morgan fingerprint density at radius 3 is 2.32 bits per heavy atom. The van der Waals surface area contributed by atoms with Gasteiger partial charge in [0, 0.05) is 0 Å². The van der Waals surface area contributed by atoms with Crippen molar-refractivity contribution in [2.45, 2.75) is 25.1 Å². The third-order valence-electron chi connectivity index (χ3n) is 3.20. The second-order valence-corrected chi connectivity index (χ2v) is 7.22. The van der Waals surface area contributed by atoms with Crippen molar-refractivity contribution in [3.63, 3.8) is 0 Å². The number of anilines is 1. The predicted molar refractivity (Wildman–Crippen MR) is 93.2 cm³/mol. The Hall–Kier alpha value is -1.77. The van der Waals surface area contributed by atoms with Gasteiger partial charge >= 0.3 is 139 Å². The molecule has 116 valence electrons. The second-order valence-electron chi connectivity index (χ2n) is 4.96. The van der Waals surface area contributed by atoms with E-state index in [1.165, 1.54) is 18.2 Å². The van der Waals surface area contributed by atoms with Crippen LogP contribution in [0.25, 0.3) is 0 Å². The number of hydrogen-bond acceptors (Lipinski definition) is 2. The zero-order valence-corrected chi connectivity index (χ0v) is 14.6. The fourth-order valence-electron chi connectivity index (χ4n) is 1.96. The maximum atomic E-state index is 12.4. The number of unbranched alkanes of at least 4 members (excludes halogenated alkanes) is 1. The Balaban J connectivity index is 2.02. The molecule has 0 radical (unpaired) electrons. The average molecular weight is 361 g/mol. The van der Waals surface area contributed by atoms with Crippen LogP contribution in [0.15, 0.2) is 60.7 Å². The molecule has 0 aliphatic rings. The summed E-state index contributed by atoms with van der Waals surface area (Å²) < 4.78 is 0. The first kappa shape index (κ1) is 16.6. The van der Waals surface area contributed by atoms with E-state index < -0.39 is 0 Å². The van der Waals surface area contributed by atoms with Gasteiger partial charge in [0.2, 0.25) is 0 Å². The number of amides is 1. The van der Waals surface area contributed by atoms with Crippen molar-refractivity contribution in [2.75, 3.05) is 10.5 Å². The molecular weight excluding hydrogens is 339 g/mol. The number of hydrogen-bond donors (Lipinski definition) is 1. The monoisotopic (exact) mass is 362 g/mol. The molecular formula is C18H22N2OSe. The number of hydrazine groups is 1. The van der Waals surface area contributed by atoms with E-state index in [1.54, 1.807) is 0 Å². The van der Waals surface area contributed by atoms with Crippen molar-refractivity contribution in [3.8, 4) is 0 Å². The van der Waals surface area contributed by atoms with Crippen LogP contribution in [0.3, 0.4) is 0 Å². The quantitative estimate of drug-likeness (QED) is 0.442. The van der Waals surface area contributed by atoms with Gasteiger partial charge in [-0.1, -0.05) is 0 Å². The fourth-order valence-corrected chi connectivity index (χ4v) is 4.09. The van der Waals surface area contributed by atoms with Crippen molar-refractivity contribution >= 4 is 26.6 Å². The molecule has 0 aromatic heterocycles. The fraction of sp³-hybridized carbons (Fsp3) is 0.278. The summed E-state index contributed by atoms with van der Waals surface area (Å²) in [4.78, 5) is 12.4. The summed E-state index contributed by atoms with van der Waals surface area (Å²) in [5.41, 5.74) is 5.64. The SMILES string of the molecule is CCCC[Se]CN(NC(=O)c1ccccc1)c1ccccc1. The van der Waals surface area contributed by atoms with Crippen LogP contribution in [0.2, 0.25) is 5.32 Å². The molecule has 0 spiro atoms. The first-order chi connectivity index (χ1) is 10.8. The first-order valence-corrected chi connectivity index (χ1v) is 10.00. The molecule has 1 amide bonds. The van der Waals surface area contributed by atoms with Crippen molar-refractivity contribution in [3.05, 3.63) is 66.2 Å². The van der Waals surface area contributed by atoms with Gasteiger partial charge in [0.25, 0.3) is 0 Å². The molecule has 2 aromatic carbocycles. The van der Waals surface area contributed by atoms with Crippen LogP contribution in [0, 0.1) is 0 Å². The zero-order chi connectivity index (χ0) is 15.6. The third-order valence-corrected chi connectivity index (χ3v) is 5.34. The van der Waals surface area contributed by atoms with E-state index in [1.807, 2.05) is 65.7 Å². The van der Waals surface area contributed by atoms with Crippen LogP contribution in [0.1, 0.15) is 30.1 Å². The van der Waals surface area contributed by atoms with E-state index in [9.17, 15) is 4.79 Å². The molecule has 0 atom stereocenters. The van der Waals surface area contributed by atoms with E-state index in [0.717, 1.165) is 11.1 Å². The second kappa shape index (κ2) is 9.29. The molecule has 0 aliphatic carbocycles. The average Bonchev–Trinajstić information content (AvgIpc) is 2.59. The van der Waals surface area contributed by atoms with Crippen LogP contribution in [-0.2, 0) is 0 Å². The predicted octanol–water partition coefficient (Wildman–Crippen LogP) is 3.72. The van der Waals surface area contributed by atoms with Gasteiger partial charge in [-0.05, 0) is 0 Å². The number of carbonyl (C=O) groups is 1. The molecule has 0 saturated heterocycles. The number of rotatable bonds is 8. The summed E-state index contributed by atoms with van der Waals surface area (Å²) >= 11 is 0.496. The van der Waals surface area contributed by atoms with Gasteiger partial charge in [0.1, 0.15) is 0 Å². The standard InChI is InChI=1S/C18H22N2OSe/c1-2-3-14-22-15-20(17-12-8-5-9-13-17)19-18(21)16-10-6-4-7-11-16/h4-13H,2-3,14-15H2,1H3,(H,19,21). The van der Waals surface area contributed by atoms with Gasteiger partial charge in [-0.25, -0.2) is 0 Å². The number of nitrogens with one attached hydrogen (secondary N) is 1. The zero-order valence-electron chi connectivity index (χ0n) is 12.9. The summed E-state index contributed by atoms with van der Waals surface area (Å²) in [6, 6.07) is 19.4. The number of carbonyl (C=O) groups excluding carboxylic acids is 1. The molecule has 0 heterocycles. The Morgan fingerprint density at radius 1 is 1.05 bits per heavy atom. The molecule has 2 rings (SSSR count). The normalized spacial score (nSPS) is 10.2. The number of benzene rings is 2. The minimum absolute atomic E-state index is 0.0595. The van der Waals surface area contributed by atoms with Crippen molar-refractivity contribution in [2.24, 2.45) is 0 Å². The Morgan fingerprint density at radius 2 is 1.68 bits per heavy atom. The van der Waals surface area contributed by atoms with E-state index in [4.69, 9.17) is 0 Å². The molecule has 2 aromatic rings. The molecule has 0 aliphatic heterocycles. The van der Waals surface area contributed by atoms with Crippen LogP contribution in [0.5, 0.6) is 0 Å². The van der Waals surface area contributed by atoms with E-state index in [-0.39, 0.29) is 5.91 Å². The number of nitrogens with zero attached hydrogens (tertiary/aromatic N) is 1. The molecule has 0 fully saturated rings. The van der Waals surface area contributed by atoms with Crippen molar-refractivity contribution in [1.29, 1.82) is 0 Å². The molecule has 0 saturated carbocycles. The molecule has 0 bridgehead atoms.